The molecule has 2 aliphatic rings. The number of halogens is 1. The highest BCUT2D eigenvalue weighted by molar-refractivity contribution is 6.53. The van der Waals surface area contributed by atoms with Crippen molar-refractivity contribution in [2.75, 3.05) is 6.61 Å². The summed E-state index contributed by atoms with van der Waals surface area (Å²) in [5, 5.41) is 7.92. The van der Waals surface area contributed by atoms with Gasteiger partial charge in [-0.2, -0.15) is 5.10 Å². The van der Waals surface area contributed by atoms with E-state index in [9.17, 15) is 4.39 Å². The fraction of sp³-hybridized carbons (Fsp3) is 0.647. The summed E-state index contributed by atoms with van der Waals surface area (Å²) < 4.78 is 31.8. The molecule has 24 heavy (non-hydrogen) atoms. The summed E-state index contributed by atoms with van der Waals surface area (Å²) in [6.07, 6.45) is 3.34. The van der Waals surface area contributed by atoms with Crippen molar-refractivity contribution in [1.82, 2.24) is 10.2 Å². The molecule has 0 amide bonds. The Morgan fingerprint density at radius 2 is 1.83 bits per heavy atom. The fourth-order valence-corrected chi connectivity index (χ4v) is 2.49. The minimum absolute atomic E-state index is 0.305. The molecule has 2 heterocycles. The van der Waals surface area contributed by atoms with Crippen LogP contribution in [0, 0.1) is 12.3 Å². The first kappa shape index (κ1) is 17.4. The minimum atomic E-state index is -0.952. The molecule has 0 bridgehead atoms. The van der Waals surface area contributed by atoms with Crippen molar-refractivity contribution in [1.29, 1.82) is 0 Å². The quantitative estimate of drug-likeness (QED) is 0.772. The number of hydrogen-bond acceptors (Lipinski definition) is 5. The Morgan fingerprint density at radius 3 is 2.33 bits per heavy atom. The van der Waals surface area contributed by atoms with Crippen molar-refractivity contribution in [3.05, 3.63) is 29.6 Å². The maximum Gasteiger partial charge on any atom is 0.524 e. The van der Waals surface area contributed by atoms with Crippen LogP contribution in [0.15, 0.2) is 23.9 Å². The van der Waals surface area contributed by atoms with Crippen molar-refractivity contribution >= 4 is 7.12 Å². The van der Waals surface area contributed by atoms with Crippen LogP contribution in [0.4, 0.5) is 4.39 Å². The van der Waals surface area contributed by atoms with Crippen LogP contribution >= 0.6 is 0 Å². The number of hydrogen-bond donors (Lipinski definition) is 0. The number of aromatic nitrogens is 2. The third-order valence-corrected chi connectivity index (χ3v) is 5.10. The van der Waals surface area contributed by atoms with Gasteiger partial charge < -0.3 is 14.0 Å². The average molecular weight is 334 g/mol. The smallest absolute Gasteiger partial charge is 0.476 e. The van der Waals surface area contributed by atoms with Gasteiger partial charge in [-0.1, -0.05) is 0 Å². The Morgan fingerprint density at radius 1 is 1.21 bits per heavy atom. The van der Waals surface area contributed by atoms with Gasteiger partial charge in [0.2, 0.25) is 5.88 Å². The van der Waals surface area contributed by atoms with Crippen LogP contribution < -0.4 is 4.74 Å². The molecule has 1 saturated carbocycles. The van der Waals surface area contributed by atoms with E-state index >= 15 is 0 Å². The number of nitrogens with zero attached hydrogens (tertiary/aromatic N) is 2. The van der Waals surface area contributed by atoms with Crippen LogP contribution in [0.25, 0.3) is 0 Å². The predicted molar refractivity (Wildman–Crippen MR) is 89.2 cm³/mol. The zero-order valence-corrected chi connectivity index (χ0v) is 14.9. The molecule has 0 aromatic carbocycles. The van der Waals surface area contributed by atoms with E-state index in [0.29, 0.717) is 12.5 Å². The number of rotatable bonds is 5. The van der Waals surface area contributed by atoms with Gasteiger partial charge >= 0.3 is 7.12 Å². The molecule has 2 fully saturated rings. The summed E-state index contributed by atoms with van der Waals surface area (Å²) in [5.41, 5.74) is -0.957. The Kier molecular flexibility index (Phi) is 4.20. The molecule has 0 spiro atoms. The summed E-state index contributed by atoms with van der Waals surface area (Å²) in [4.78, 5) is 0. The second kappa shape index (κ2) is 5.81. The molecule has 0 atom stereocenters. The van der Waals surface area contributed by atoms with Crippen LogP contribution in [0.5, 0.6) is 5.88 Å². The first-order valence-electron chi connectivity index (χ1n) is 8.30. The third kappa shape index (κ3) is 3.47. The SMILES string of the molecule is Cc1ccc(OCC2(C=C(F)B3OC(C)(C)C(C)(C)O3)CC2)nn1. The van der Waals surface area contributed by atoms with Gasteiger partial charge in [-0.15, -0.1) is 5.10 Å². The largest absolute Gasteiger partial charge is 0.524 e. The second-order valence-electron chi connectivity index (χ2n) is 7.78. The normalized spacial score (nSPS) is 24.1. The zero-order valence-electron chi connectivity index (χ0n) is 14.9. The van der Waals surface area contributed by atoms with Gasteiger partial charge in [0.05, 0.1) is 23.5 Å². The standard InChI is InChI=1S/C17H24BFN2O3/c1-12-6-7-14(21-20-12)22-11-17(8-9-17)10-13(19)18-23-15(2,3)16(4,5)24-18/h6-7,10H,8-9,11H2,1-5H3. The highest BCUT2D eigenvalue weighted by Crippen LogP contribution is 2.49. The van der Waals surface area contributed by atoms with Crippen molar-refractivity contribution in [2.24, 2.45) is 5.41 Å². The molecule has 0 N–H and O–H groups in total. The van der Waals surface area contributed by atoms with Gasteiger partial charge in [-0.05, 0) is 59.6 Å². The molecular formula is C17H24BFN2O3. The van der Waals surface area contributed by atoms with Crippen molar-refractivity contribution < 1.29 is 18.4 Å². The molecule has 0 radical (unpaired) electrons. The Hall–Kier alpha value is -1.47. The first-order valence-corrected chi connectivity index (χ1v) is 8.30. The van der Waals surface area contributed by atoms with E-state index in [-0.39, 0.29) is 11.1 Å². The Bertz CT molecular complexity index is 626. The van der Waals surface area contributed by atoms with Crippen molar-refractivity contribution in [3.63, 3.8) is 0 Å². The summed E-state index contributed by atoms with van der Waals surface area (Å²) >= 11 is 0. The lowest BCUT2D eigenvalue weighted by atomic mass is 9.85. The summed E-state index contributed by atoms with van der Waals surface area (Å²) in [6, 6.07) is 3.61. The molecule has 3 rings (SSSR count). The van der Waals surface area contributed by atoms with E-state index in [1.54, 1.807) is 12.1 Å². The Balaban J connectivity index is 1.63. The molecular weight excluding hydrogens is 310 g/mol. The van der Waals surface area contributed by atoms with E-state index in [2.05, 4.69) is 10.2 Å². The highest BCUT2D eigenvalue weighted by Gasteiger charge is 2.54. The fourth-order valence-electron chi connectivity index (χ4n) is 2.49. The van der Waals surface area contributed by atoms with E-state index in [0.717, 1.165) is 18.5 Å². The van der Waals surface area contributed by atoms with E-state index in [1.165, 1.54) is 0 Å². The van der Waals surface area contributed by atoms with Crippen LogP contribution in [0.2, 0.25) is 0 Å². The van der Waals surface area contributed by atoms with Gasteiger partial charge in [0, 0.05) is 11.5 Å². The summed E-state index contributed by atoms with van der Waals surface area (Å²) in [5.74, 6) is 0.455. The van der Waals surface area contributed by atoms with Gasteiger partial charge in [-0.25, -0.2) is 4.39 Å². The van der Waals surface area contributed by atoms with E-state index < -0.39 is 18.3 Å². The monoisotopic (exact) mass is 334 g/mol. The zero-order chi connectivity index (χ0) is 17.6. The molecule has 0 unspecified atom stereocenters. The van der Waals surface area contributed by atoms with Crippen LogP contribution in [-0.2, 0) is 9.31 Å². The Labute approximate surface area is 142 Å². The van der Waals surface area contributed by atoms with Crippen LogP contribution in [-0.4, -0.2) is 35.1 Å². The van der Waals surface area contributed by atoms with Crippen molar-refractivity contribution in [2.45, 2.75) is 58.7 Å². The molecule has 130 valence electrons. The number of aryl methyl sites for hydroxylation is 1. The van der Waals surface area contributed by atoms with Crippen LogP contribution in [0.1, 0.15) is 46.2 Å². The maximum atomic E-state index is 14.6. The van der Waals surface area contributed by atoms with Crippen molar-refractivity contribution in [3.8, 4) is 5.88 Å². The molecule has 1 aromatic heterocycles. The minimum Gasteiger partial charge on any atom is -0.476 e. The van der Waals surface area contributed by atoms with Gasteiger partial charge in [0.15, 0.2) is 0 Å². The molecule has 1 aliphatic heterocycles. The average Bonchev–Trinajstić information content (AvgIpc) is 3.20. The van der Waals surface area contributed by atoms with E-state index in [4.69, 9.17) is 14.0 Å². The third-order valence-electron chi connectivity index (χ3n) is 5.10. The predicted octanol–water partition coefficient (Wildman–Crippen LogP) is 3.43. The molecule has 1 aromatic rings. The molecule has 5 nitrogen and oxygen atoms in total. The molecule has 7 heteroatoms. The van der Waals surface area contributed by atoms with Gasteiger partial charge in [-0.3, -0.25) is 0 Å². The lowest BCUT2D eigenvalue weighted by Crippen LogP contribution is -2.41. The summed E-state index contributed by atoms with van der Waals surface area (Å²) in [6.45, 7) is 9.87. The molecule has 1 aliphatic carbocycles. The summed E-state index contributed by atoms with van der Waals surface area (Å²) in [7, 11) is -0.952. The maximum absolute atomic E-state index is 14.6. The lowest BCUT2D eigenvalue weighted by molar-refractivity contribution is 0.00578. The first-order chi connectivity index (χ1) is 11.1. The number of ether oxygens (including phenoxy) is 1. The second-order valence-corrected chi connectivity index (χ2v) is 7.78. The molecule has 1 saturated heterocycles. The van der Waals surface area contributed by atoms with E-state index in [1.807, 2.05) is 40.7 Å². The lowest BCUT2D eigenvalue weighted by Gasteiger charge is -2.32. The van der Waals surface area contributed by atoms with Crippen LogP contribution in [0.3, 0.4) is 0 Å². The van der Waals surface area contributed by atoms with Gasteiger partial charge in [0.1, 0.15) is 5.73 Å². The van der Waals surface area contributed by atoms with Gasteiger partial charge in [0.25, 0.3) is 0 Å². The topological polar surface area (TPSA) is 53.5 Å². The highest BCUT2D eigenvalue weighted by atomic mass is 19.1.